The molecule has 1 aromatic heterocycles. The topological polar surface area (TPSA) is 30.0 Å². The predicted molar refractivity (Wildman–Crippen MR) is 83.1 cm³/mol. The lowest BCUT2D eigenvalue weighted by Crippen LogP contribution is -2.33. The fraction of sp³-hybridized carbons (Fsp3) is 0.692. The van der Waals surface area contributed by atoms with Gasteiger partial charge in [0.05, 0.1) is 17.4 Å². The molecule has 0 amide bonds. The molecule has 0 N–H and O–H groups in total. The molecule has 0 aliphatic carbocycles. The number of rotatable bonds is 4. The zero-order chi connectivity index (χ0) is 13.1. The van der Waals surface area contributed by atoms with Crippen molar-refractivity contribution in [2.45, 2.75) is 44.1 Å². The van der Waals surface area contributed by atoms with Gasteiger partial charge in [0.25, 0.3) is 0 Å². The molecule has 1 fully saturated rings. The van der Waals surface area contributed by atoms with Crippen molar-refractivity contribution in [3.8, 4) is 0 Å². The largest absolute Gasteiger partial charge is 0.298 e. The monoisotopic (exact) mass is 301 g/mol. The molecule has 2 atom stereocenters. The van der Waals surface area contributed by atoms with Crippen LogP contribution in [0, 0.1) is 13.8 Å². The van der Waals surface area contributed by atoms with Crippen LogP contribution in [0.15, 0.2) is 0 Å². The predicted octanol–water partition coefficient (Wildman–Crippen LogP) is 3.50. The molecule has 0 aromatic carbocycles. The van der Waals surface area contributed by atoms with Crippen LogP contribution in [-0.2, 0) is 11.2 Å². The van der Waals surface area contributed by atoms with Crippen molar-refractivity contribution in [1.82, 2.24) is 4.98 Å². The summed E-state index contributed by atoms with van der Waals surface area (Å²) >= 11 is 5.47. The Labute approximate surface area is 121 Å². The minimum atomic E-state index is 0.179. The van der Waals surface area contributed by atoms with Crippen molar-refractivity contribution in [2.75, 3.05) is 11.5 Å². The van der Waals surface area contributed by atoms with Gasteiger partial charge in [0.1, 0.15) is 5.01 Å². The van der Waals surface area contributed by atoms with Gasteiger partial charge < -0.3 is 0 Å². The summed E-state index contributed by atoms with van der Waals surface area (Å²) in [5.74, 6) is 2.66. The second-order valence-corrected chi connectivity index (χ2v) is 8.39. The summed E-state index contributed by atoms with van der Waals surface area (Å²) < 4.78 is 0. The number of thiazole rings is 1. The Morgan fingerprint density at radius 3 is 2.67 bits per heavy atom. The molecule has 2 unspecified atom stereocenters. The molecular formula is C13H19NOS3. The number of ketones is 1. The van der Waals surface area contributed by atoms with Gasteiger partial charge in [0.15, 0.2) is 5.78 Å². The smallest absolute Gasteiger partial charge is 0.153 e. The number of carbonyl (C=O) groups excluding carboxylic acids is 1. The van der Waals surface area contributed by atoms with Crippen LogP contribution < -0.4 is 0 Å². The molecule has 0 bridgehead atoms. The van der Waals surface area contributed by atoms with Crippen LogP contribution in [0.2, 0.25) is 0 Å². The number of hydrogen-bond acceptors (Lipinski definition) is 5. The minimum absolute atomic E-state index is 0.179. The van der Waals surface area contributed by atoms with Gasteiger partial charge in [-0.1, -0.05) is 6.92 Å². The number of nitrogens with zero attached hydrogens (tertiary/aromatic N) is 1. The molecule has 100 valence electrons. The second-order valence-electron chi connectivity index (χ2n) is 4.50. The summed E-state index contributed by atoms with van der Waals surface area (Å²) in [5.41, 5.74) is 1.07. The highest BCUT2D eigenvalue weighted by Gasteiger charge is 2.31. The van der Waals surface area contributed by atoms with Gasteiger partial charge in [0.2, 0.25) is 0 Å². The van der Waals surface area contributed by atoms with Gasteiger partial charge >= 0.3 is 0 Å². The Kier molecular flexibility index (Phi) is 5.15. The Morgan fingerprint density at radius 1 is 1.33 bits per heavy atom. The Balaban J connectivity index is 2.02. The number of aromatic nitrogens is 1. The highest BCUT2D eigenvalue weighted by Crippen LogP contribution is 2.34. The Bertz CT molecular complexity index is 410. The SMILES string of the molecule is CCC1SCCSC1C(=O)Cc1nc(C)c(C)s1. The van der Waals surface area contributed by atoms with E-state index in [1.807, 2.05) is 30.4 Å². The lowest BCUT2D eigenvalue weighted by Gasteiger charge is -2.28. The Hall–Kier alpha value is -0.0000000000000000833. The first-order chi connectivity index (χ1) is 8.61. The standard InChI is InChI=1S/C13H19NOS3/c1-4-11-13(17-6-5-16-11)10(15)7-12-14-8(2)9(3)18-12/h11,13H,4-7H2,1-3H3. The first-order valence-electron chi connectivity index (χ1n) is 6.30. The molecule has 0 spiro atoms. The van der Waals surface area contributed by atoms with E-state index in [4.69, 9.17) is 0 Å². The van der Waals surface area contributed by atoms with E-state index in [0.717, 1.165) is 22.9 Å². The summed E-state index contributed by atoms with van der Waals surface area (Å²) in [6.07, 6.45) is 1.61. The normalized spacial score (nSPS) is 24.2. The van der Waals surface area contributed by atoms with E-state index >= 15 is 0 Å². The van der Waals surface area contributed by atoms with Crippen molar-refractivity contribution in [1.29, 1.82) is 0 Å². The number of Topliss-reactive ketones (excluding diaryl/α,β-unsaturated/α-hetero) is 1. The molecule has 2 nitrogen and oxygen atoms in total. The number of aryl methyl sites for hydroxylation is 2. The van der Waals surface area contributed by atoms with Crippen LogP contribution in [-0.4, -0.2) is 32.8 Å². The van der Waals surface area contributed by atoms with Gasteiger partial charge in [-0.2, -0.15) is 11.8 Å². The molecular weight excluding hydrogens is 282 g/mol. The van der Waals surface area contributed by atoms with Gasteiger partial charge in [-0.25, -0.2) is 4.98 Å². The number of hydrogen-bond donors (Lipinski definition) is 0. The van der Waals surface area contributed by atoms with Crippen LogP contribution in [0.25, 0.3) is 0 Å². The number of carbonyl (C=O) groups is 1. The summed E-state index contributed by atoms with van der Waals surface area (Å²) in [6.45, 7) is 6.27. The van der Waals surface area contributed by atoms with E-state index in [-0.39, 0.29) is 5.25 Å². The third kappa shape index (κ3) is 3.31. The highest BCUT2D eigenvalue weighted by atomic mass is 32.2. The van der Waals surface area contributed by atoms with E-state index in [2.05, 4.69) is 18.8 Å². The van der Waals surface area contributed by atoms with Crippen LogP contribution in [0.5, 0.6) is 0 Å². The second kappa shape index (κ2) is 6.44. The average molecular weight is 302 g/mol. The summed E-state index contributed by atoms with van der Waals surface area (Å²) in [6, 6.07) is 0. The molecule has 2 heterocycles. The van der Waals surface area contributed by atoms with E-state index in [1.165, 1.54) is 10.6 Å². The van der Waals surface area contributed by atoms with Gasteiger partial charge in [-0.15, -0.1) is 23.1 Å². The van der Waals surface area contributed by atoms with Gasteiger partial charge in [-0.05, 0) is 20.3 Å². The van der Waals surface area contributed by atoms with Crippen molar-refractivity contribution in [2.24, 2.45) is 0 Å². The molecule has 18 heavy (non-hydrogen) atoms. The minimum Gasteiger partial charge on any atom is -0.298 e. The fourth-order valence-corrected chi connectivity index (χ4v) is 6.05. The zero-order valence-corrected chi connectivity index (χ0v) is 13.5. The third-order valence-electron chi connectivity index (χ3n) is 3.17. The first-order valence-corrected chi connectivity index (χ1v) is 9.22. The molecule has 5 heteroatoms. The molecule has 0 saturated carbocycles. The third-order valence-corrected chi connectivity index (χ3v) is 7.54. The van der Waals surface area contributed by atoms with Gasteiger partial charge in [-0.3, -0.25) is 4.79 Å². The van der Waals surface area contributed by atoms with Crippen molar-refractivity contribution < 1.29 is 4.79 Å². The van der Waals surface area contributed by atoms with Crippen LogP contribution in [0.4, 0.5) is 0 Å². The lowest BCUT2D eigenvalue weighted by atomic mass is 10.1. The quantitative estimate of drug-likeness (QED) is 0.851. The van der Waals surface area contributed by atoms with E-state index in [0.29, 0.717) is 17.5 Å². The van der Waals surface area contributed by atoms with Crippen molar-refractivity contribution >= 4 is 40.6 Å². The van der Waals surface area contributed by atoms with Crippen molar-refractivity contribution in [3.63, 3.8) is 0 Å². The van der Waals surface area contributed by atoms with E-state index in [9.17, 15) is 4.79 Å². The zero-order valence-electron chi connectivity index (χ0n) is 11.1. The molecule has 1 aliphatic heterocycles. The van der Waals surface area contributed by atoms with Crippen LogP contribution in [0.3, 0.4) is 0 Å². The summed E-state index contributed by atoms with van der Waals surface area (Å²) in [4.78, 5) is 18.1. The van der Waals surface area contributed by atoms with E-state index in [1.54, 1.807) is 11.3 Å². The van der Waals surface area contributed by atoms with Gasteiger partial charge in [0, 0.05) is 21.6 Å². The summed E-state index contributed by atoms with van der Waals surface area (Å²) in [7, 11) is 0. The average Bonchev–Trinajstić information content (AvgIpc) is 2.68. The molecule has 1 aliphatic rings. The molecule has 0 radical (unpaired) electrons. The first kappa shape index (κ1) is 14.4. The van der Waals surface area contributed by atoms with Crippen molar-refractivity contribution in [3.05, 3.63) is 15.6 Å². The maximum atomic E-state index is 12.4. The summed E-state index contributed by atoms with van der Waals surface area (Å²) in [5, 5.41) is 1.66. The molecule has 1 saturated heterocycles. The maximum absolute atomic E-state index is 12.4. The maximum Gasteiger partial charge on any atom is 0.153 e. The molecule has 1 aromatic rings. The Morgan fingerprint density at radius 2 is 2.06 bits per heavy atom. The highest BCUT2D eigenvalue weighted by molar-refractivity contribution is 8.07. The fourth-order valence-electron chi connectivity index (χ4n) is 2.07. The van der Waals surface area contributed by atoms with Crippen LogP contribution in [0.1, 0.15) is 28.9 Å². The molecule has 2 rings (SSSR count). The van der Waals surface area contributed by atoms with E-state index < -0.39 is 0 Å². The lowest BCUT2D eigenvalue weighted by molar-refractivity contribution is -0.117. The number of thioether (sulfide) groups is 2. The van der Waals surface area contributed by atoms with Crippen LogP contribution >= 0.6 is 34.9 Å².